The van der Waals surface area contributed by atoms with Crippen LogP contribution < -0.4 is 10.2 Å². The van der Waals surface area contributed by atoms with Crippen molar-refractivity contribution in [2.45, 2.75) is 19.8 Å². The smallest absolute Gasteiger partial charge is 0.277 e. The molecule has 4 nitrogen and oxygen atoms in total. The molecule has 0 radical (unpaired) electrons. The van der Waals surface area contributed by atoms with Crippen LogP contribution in [0.2, 0.25) is 0 Å². The molecule has 4 heteroatoms. The van der Waals surface area contributed by atoms with Gasteiger partial charge in [-0.15, -0.1) is 0 Å². The van der Waals surface area contributed by atoms with Crippen LogP contribution in [0.25, 0.3) is 11.1 Å². The highest BCUT2D eigenvalue weighted by molar-refractivity contribution is 5.83. The Morgan fingerprint density at radius 2 is 1.57 bits per heavy atom. The summed E-state index contributed by atoms with van der Waals surface area (Å²) >= 11 is 0. The molecular weight excluding hydrogens is 348 g/mol. The Bertz CT molecular complexity index is 915. The zero-order chi connectivity index (χ0) is 19.8. The molecule has 0 saturated heterocycles. The molecule has 0 saturated carbocycles. The number of rotatable bonds is 7. The summed E-state index contributed by atoms with van der Waals surface area (Å²) in [7, 11) is 0. The molecule has 0 aliphatic carbocycles. The van der Waals surface area contributed by atoms with Gasteiger partial charge in [0.05, 0.1) is 6.21 Å². The lowest BCUT2D eigenvalue weighted by atomic mass is 10.0. The maximum absolute atomic E-state index is 11.9. The summed E-state index contributed by atoms with van der Waals surface area (Å²) in [6.45, 7) is 4.19. The summed E-state index contributed by atoms with van der Waals surface area (Å²) < 4.78 is 5.48. The number of ether oxygens (including phenoxy) is 1. The van der Waals surface area contributed by atoms with Gasteiger partial charge in [0.1, 0.15) is 5.75 Å². The summed E-state index contributed by atoms with van der Waals surface area (Å²) in [5.41, 5.74) is 6.93. The molecule has 142 valence electrons. The zero-order valence-corrected chi connectivity index (χ0v) is 16.1. The van der Waals surface area contributed by atoms with Gasteiger partial charge in [0.25, 0.3) is 5.91 Å². The van der Waals surface area contributed by atoms with Crippen molar-refractivity contribution in [3.05, 3.63) is 90.0 Å². The molecule has 0 spiro atoms. The van der Waals surface area contributed by atoms with Gasteiger partial charge in [0.2, 0.25) is 0 Å². The first kappa shape index (κ1) is 19.4. The second-order valence-corrected chi connectivity index (χ2v) is 6.79. The number of benzene rings is 3. The lowest BCUT2D eigenvalue weighted by Gasteiger charge is -2.08. The van der Waals surface area contributed by atoms with Crippen molar-refractivity contribution in [3.63, 3.8) is 0 Å². The first-order chi connectivity index (χ1) is 13.6. The maximum Gasteiger partial charge on any atom is 0.277 e. The average molecular weight is 372 g/mol. The normalized spacial score (nSPS) is 11.0. The quantitative estimate of drug-likeness (QED) is 0.468. The molecule has 0 atom stereocenters. The Morgan fingerprint density at radius 3 is 2.21 bits per heavy atom. The summed E-state index contributed by atoms with van der Waals surface area (Å²) in [6.07, 6.45) is 1.62. The Labute approximate surface area is 165 Å². The topological polar surface area (TPSA) is 50.7 Å². The van der Waals surface area contributed by atoms with Crippen LogP contribution in [0.5, 0.6) is 5.75 Å². The molecule has 3 aromatic carbocycles. The van der Waals surface area contributed by atoms with Crippen LogP contribution in [0.15, 0.2) is 84.0 Å². The molecule has 28 heavy (non-hydrogen) atoms. The number of nitrogens with zero attached hydrogens (tertiary/aromatic N) is 1. The Morgan fingerprint density at radius 1 is 0.929 bits per heavy atom. The fourth-order valence-corrected chi connectivity index (χ4v) is 2.70. The van der Waals surface area contributed by atoms with E-state index < -0.39 is 0 Å². The molecule has 1 amide bonds. The standard InChI is InChI=1S/C24H24N2O2/c1-18(2)20-12-14-23(15-13-20)28-17-24(27)26-25-16-19-8-10-22(11-9-19)21-6-4-3-5-7-21/h3-16,18H,17H2,1-2H3,(H,26,27). The van der Waals surface area contributed by atoms with E-state index in [1.807, 2.05) is 66.7 Å². The lowest BCUT2D eigenvalue weighted by Crippen LogP contribution is -2.24. The van der Waals surface area contributed by atoms with Crippen molar-refractivity contribution in [2.75, 3.05) is 6.61 Å². The van der Waals surface area contributed by atoms with Crippen LogP contribution in [-0.2, 0) is 4.79 Å². The maximum atomic E-state index is 11.9. The minimum Gasteiger partial charge on any atom is -0.484 e. The SMILES string of the molecule is CC(C)c1ccc(OCC(=O)NN=Cc2ccc(-c3ccccc3)cc2)cc1. The first-order valence-electron chi connectivity index (χ1n) is 9.32. The van der Waals surface area contributed by atoms with E-state index in [0.29, 0.717) is 11.7 Å². The Balaban J connectivity index is 1.47. The number of carbonyl (C=O) groups is 1. The molecule has 0 unspecified atom stereocenters. The second-order valence-electron chi connectivity index (χ2n) is 6.79. The third kappa shape index (κ3) is 5.55. The van der Waals surface area contributed by atoms with Crippen molar-refractivity contribution in [2.24, 2.45) is 5.10 Å². The van der Waals surface area contributed by atoms with E-state index in [4.69, 9.17) is 4.74 Å². The molecule has 0 aromatic heterocycles. The minimum atomic E-state index is -0.301. The summed E-state index contributed by atoms with van der Waals surface area (Å²) in [5, 5.41) is 3.99. The number of amides is 1. The van der Waals surface area contributed by atoms with Crippen LogP contribution in [0, 0.1) is 0 Å². The molecule has 0 fully saturated rings. The Kier molecular flexibility index (Phi) is 6.58. The fraction of sp³-hybridized carbons (Fsp3) is 0.167. The highest BCUT2D eigenvalue weighted by Crippen LogP contribution is 2.19. The predicted molar refractivity (Wildman–Crippen MR) is 114 cm³/mol. The van der Waals surface area contributed by atoms with Crippen LogP contribution in [0.3, 0.4) is 0 Å². The zero-order valence-electron chi connectivity index (χ0n) is 16.1. The van der Waals surface area contributed by atoms with Gasteiger partial charge in [0.15, 0.2) is 6.61 Å². The highest BCUT2D eigenvalue weighted by Gasteiger charge is 2.03. The lowest BCUT2D eigenvalue weighted by molar-refractivity contribution is -0.123. The van der Waals surface area contributed by atoms with Gasteiger partial charge in [-0.25, -0.2) is 5.43 Å². The van der Waals surface area contributed by atoms with E-state index in [-0.39, 0.29) is 12.5 Å². The van der Waals surface area contributed by atoms with E-state index in [2.05, 4.69) is 36.5 Å². The minimum absolute atomic E-state index is 0.0781. The van der Waals surface area contributed by atoms with Gasteiger partial charge in [-0.1, -0.05) is 80.6 Å². The van der Waals surface area contributed by atoms with E-state index >= 15 is 0 Å². The highest BCUT2D eigenvalue weighted by atomic mass is 16.5. The summed E-state index contributed by atoms with van der Waals surface area (Å²) in [4.78, 5) is 11.9. The number of hydrazone groups is 1. The largest absolute Gasteiger partial charge is 0.484 e. The second kappa shape index (κ2) is 9.51. The molecule has 0 heterocycles. The van der Waals surface area contributed by atoms with Crippen molar-refractivity contribution >= 4 is 12.1 Å². The molecule has 3 aromatic rings. The Hall–Kier alpha value is -3.40. The third-order valence-electron chi connectivity index (χ3n) is 4.34. The molecule has 1 N–H and O–H groups in total. The summed E-state index contributed by atoms with van der Waals surface area (Å²) in [6, 6.07) is 25.9. The van der Waals surface area contributed by atoms with Crippen molar-refractivity contribution in [1.29, 1.82) is 0 Å². The van der Waals surface area contributed by atoms with E-state index in [9.17, 15) is 4.79 Å². The van der Waals surface area contributed by atoms with Crippen LogP contribution in [0.1, 0.15) is 30.9 Å². The number of hydrogen-bond acceptors (Lipinski definition) is 3. The van der Waals surface area contributed by atoms with E-state index in [1.54, 1.807) is 6.21 Å². The van der Waals surface area contributed by atoms with Crippen LogP contribution in [0.4, 0.5) is 0 Å². The molecular formula is C24H24N2O2. The van der Waals surface area contributed by atoms with Gasteiger partial charge >= 0.3 is 0 Å². The van der Waals surface area contributed by atoms with E-state index in [1.165, 1.54) is 5.56 Å². The van der Waals surface area contributed by atoms with Crippen molar-refractivity contribution < 1.29 is 9.53 Å². The molecule has 0 aliphatic heterocycles. The molecule has 3 rings (SSSR count). The van der Waals surface area contributed by atoms with Crippen LogP contribution in [-0.4, -0.2) is 18.7 Å². The monoisotopic (exact) mass is 372 g/mol. The van der Waals surface area contributed by atoms with Crippen LogP contribution >= 0.6 is 0 Å². The average Bonchev–Trinajstić information content (AvgIpc) is 2.74. The van der Waals surface area contributed by atoms with Gasteiger partial charge in [0, 0.05) is 0 Å². The van der Waals surface area contributed by atoms with Gasteiger partial charge in [-0.3, -0.25) is 4.79 Å². The number of hydrogen-bond donors (Lipinski definition) is 1. The van der Waals surface area contributed by atoms with Gasteiger partial charge < -0.3 is 4.74 Å². The first-order valence-corrected chi connectivity index (χ1v) is 9.32. The van der Waals surface area contributed by atoms with Crippen molar-refractivity contribution in [1.82, 2.24) is 5.43 Å². The van der Waals surface area contributed by atoms with E-state index in [0.717, 1.165) is 16.7 Å². The van der Waals surface area contributed by atoms with Gasteiger partial charge in [-0.05, 0) is 40.3 Å². The fourth-order valence-electron chi connectivity index (χ4n) is 2.70. The number of carbonyl (C=O) groups excluding carboxylic acids is 1. The van der Waals surface area contributed by atoms with Crippen molar-refractivity contribution in [3.8, 4) is 16.9 Å². The summed E-state index contributed by atoms with van der Waals surface area (Å²) in [5.74, 6) is 0.832. The van der Waals surface area contributed by atoms with Gasteiger partial charge in [-0.2, -0.15) is 5.10 Å². The third-order valence-corrected chi connectivity index (χ3v) is 4.34. The number of nitrogens with one attached hydrogen (secondary N) is 1. The predicted octanol–water partition coefficient (Wildman–Crippen LogP) is 5.01. The molecule has 0 aliphatic rings. The molecule has 0 bridgehead atoms.